The lowest BCUT2D eigenvalue weighted by atomic mass is 9.84. The van der Waals surface area contributed by atoms with E-state index in [0.717, 1.165) is 22.7 Å². The first kappa shape index (κ1) is 21.3. The summed E-state index contributed by atoms with van der Waals surface area (Å²) in [4.78, 5) is 27.6. The molecule has 4 rings (SSSR count). The van der Waals surface area contributed by atoms with E-state index in [0.29, 0.717) is 5.69 Å². The van der Waals surface area contributed by atoms with Crippen LogP contribution < -0.4 is 15.2 Å². The first-order chi connectivity index (χ1) is 15.3. The number of para-hydroxylation sites is 1. The highest BCUT2D eigenvalue weighted by Crippen LogP contribution is 2.47. The van der Waals surface area contributed by atoms with Crippen molar-refractivity contribution in [1.82, 2.24) is 9.78 Å². The Bertz CT molecular complexity index is 1310. The molecule has 1 aromatic heterocycles. The van der Waals surface area contributed by atoms with Crippen LogP contribution >= 0.6 is 0 Å². The zero-order valence-corrected chi connectivity index (χ0v) is 18.7. The van der Waals surface area contributed by atoms with Gasteiger partial charge in [0.25, 0.3) is 5.56 Å². The second-order valence-corrected chi connectivity index (χ2v) is 8.07. The Balaban J connectivity index is 1.88. The fourth-order valence-corrected chi connectivity index (χ4v) is 4.12. The van der Waals surface area contributed by atoms with Crippen molar-refractivity contribution in [1.29, 1.82) is 0 Å². The number of carbonyl (C=O) groups excluding carboxylic acids is 1. The molecular weight excluding hydrogens is 406 g/mol. The average molecular weight is 431 g/mol. The van der Waals surface area contributed by atoms with Crippen molar-refractivity contribution in [3.63, 3.8) is 0 Å². The Morgan fingerprint density at radius 3 is 2.50 bits per heavy atom. The highest BCUT2D eigenvalue weighted by Gasteiger charge is 2.39. The van der Waals surface area contributed by atoms with E-state index in [-0.39, 0.29) is 22.2 Å². The summed E-state index contributed by atoms with van der Waals surface area (Å²) in [5.74, 6) is 0.154. The molecule has 1 aliphatic heterocycles. The molecule has 0 spiro atoms. The van der Waals surface area contributed by atoms with E-state index in [1.165, 1.54) is 11.8 Å². The number of allylic oxidation sites excluding steroid dienone is 1. The minimum atomic E-state index is -0.623. The molecule has 2 aromatic carbocycles. The summed E-state index contributed by atoms with van der Waals surface area (Å²) in [5, 5.41) is 2.88. The van der Waals surface area contributed by atoms with E-state index >= 15 is 0 Å². The molecule has 0 bridgehead atoms. The largest absolute Gasteiger partial charge is 0.497 e. The number of fused-ring (bicyclic) bond motifs is 1. The van der Waals surface area contributed by atoms with Gasteiger partial charge in [0, 0.05) is 18.2 Å². The number of aromatic nitrogens is 2. The van der Waals surface area contributed by atoms with Crippen molar-refractivity contribution in [3.8, 4) is 11.4 Å². The number of nitrogens with zero attached hydrogens (tertiary/aromatic N) is 2. The van der Waals surface area contributed by atoms with Crippen LogP contribution in [0.2, 0.25) is 0 Å². The van der Waals surface area contributed by atoms with Crippen LogP contribution in [0.4, 0.5) is 5.69 Å². The highest BCUT2D eigenvalue weighted by atomic mass is 16.5. The molecule has 7 nitrogen and oxygen atoms in total. The van der Waals surface area contributed by atoms with Crippen molar-refractivity contribution >= 4 is 17.7 Å². The highest BCUT2D eigenvalue weighted by molar-refractivity contribution is 5.91. The number of aromatic amines is 1. The monoisotopic (exact) mass is 431 g/mol. The zero-order valence-electron chi connectivity index (χ0n) is 18.7. The van der Waals surface area contributed by atoms with Gasteiger partial charge in [0.15, 0.2) is 5.69 Å². The van der Waals surface area contributed by atoms with Gasteiger partial charge in [-0.1, -0.05) is 23.9 Å². The fourth-order valence-electron chi connectivity index (χ4n) is 4.12. The Labute approximate surface area is 186 Å². The van der Waals surface area contributed by atoms with Crippen LogP contribution in [0.3, 0.4) is 0 Å². The number of likely N-dealkylation sites (N-methyl/N-ethyl adjacent to an activating group) is 1. The van der Waals surface area contributed by atoms with Crippen molar-refractivity contribution in [3.05, 3.63) is 87.1 Å². The number of nitrogens with one attached hydrogen (secondary N) is 1. The van der Waals surface area contributed by atoms with E-state index in [2.05, 4.69) is 24.7 Å². The van der Waals surface area contributed by atoms with Gasteiger partial charge in [-0.25, -0.2) is 9.48 Å². The van der Waals surface area contributed by atoms with Gasteiger partial charge in [-0.05, 0) is 55.8 Å². The molecule has 1 N–H and O–H groups in total. The Hall–Kier alpha value is -3.96. The van der Waals surface area contributed by atoms with Gasteiger partial charge in [-0.15, -0.1) is 0 Å². The van der Waals surface area contributed by atoms with E-state index in [1.807, 2.05) is 48.3 Å². The summed E-state index contributed by atoms with van der Waals surface area (Å²) in [6, 6.07) is 15.0. The van der Waals surface area contributed by atoms with E-state index in [1.54, 1.807) is 25.3 Å². The number of hydrogen-bond donors (Lipinski definition) is 1. The third-order valence-electron chi connectivity index (χ3n) is 5.85. The number of ether oxygens (including phenoxy) is 2. The van der Waals surface area contributed by atoms with Crippen LogP contribution in [0, 0.1) is 0 Å². The van der Waals surface area contributed by atoms with Gasteiger partial charge in [-0.3, -0.25) is 9.89 Å². The molecule has 32 heavy (non-hydrogen) atoms. The van der Waals surface area contributed by atoms with Gasteiger partial charge >= 0.3 is 5.97 Å². The summed E-state index contributed by atoms with van der Waals surface area (Å²) in [7, 11) is 4.88. The van der Waals surface area contributed by atoms with Crippen LogP contribution in [-0.4, -0.2) is 37.0 Å². The number of hydrogen-bond acceptors (Lipinski definition) is 5. The van der Waals surface area contributed by atoms with Crippen molar-refractivity contribution in [2.45, 2.75) is 19.3 Å². The predicted octanol–water partition coefficient (Wildman–Crippen LogP) is 3.88. The summed E-state index contributed by atoms with van der Waals surface area (Å²) >= 11 is 0. The summed E-state index contributed by atoms with van der Waals surface area (Å²) < 4.78 is 11.6. The number of benzene rings is 2. The minimum absolute atomic E-state index is 0.0760. The molecule has 0 fully saturated rings. The fraction of sp³-hybridized carbons (Fsp3) is 0.240. The second kappa shape index (κ2) is 7.94. The molecule has 0 aliphatic carbocycles. The topological polar surface area (TPSA) is 76.6 Å². The molecule has 0 saturated heterocycles. The van der Waals surface area contributed by atoms with Gasteiger partial charge in [0.1, 0.15) is 5.75 Å². The molecule has 2 heterocycles. The normalized spacial score (nSPS) is 14.0. The number of H-pyrrole nitrogens is 1. The number of anilines is 1. The van der Waals surface area contributed by atoms with Crippen molar-refractivity contribution in [2.24, 2.45) is 0 Å². The number of methoxy groups -OCH3 is 2. The first-order valence-corrected chi connectivity index (χ1v) is 10.2. The maximum absolute atomic E-state index is 13.2. The summed E-state index contributed by atoms with van der Waals surface area (Å²) in [5.41, 5.74) is 6.42. The quantitative estimate of drug-likeness (QED) is 0.501. The van der Waals surface area contributed by atoms with E-state index in [4.69, 9.17) is 9.47 Å². The Kier molecular flexibility index (Phi) is 5.28. The van der Waals surface area contributed by atoms with E-state index < -0.39 is 5.97 Å². The van der Waals surface area contributed by atoms with Crippen LogP contribution in [0.5, 0.6) is 5.75 Å². The minimum Gasteiger partial charge on any atom is -0.497 e. The van der Waals surface area contributed by atoms with Crippen LogP contribution in [-0.2, 0) is 10.2 Å². The smallest absolute Gasteiger partial charge is 0.356 e. The number of carbonyl (C=O) groups is 1. The lowest BCUT2D eigenvalue weighted by Gasteiger charge is -2.21. The first-order valence-electron chi connectivity index (χ1n) is 10.2. The third kappa shape index (κ3) is 3.33. The Morgan fingerprint density at radius 2 is 1.84 bits per heavy atom. The van der Waals surface area contributed by atoms with Crippen LogP contribution in [0.15, 0.2) is 64.8 Å². The lowest BCUT2D eigenvalue weighted by molar-refractivity contribution is 0.0593. The molecule has 0 atom stereocenters. The zero-order chi connectivity index (χ0) is 23.0. The molecule has 0 unspecified atom stereocenters. The summed E-state index contributed by atoms with van der Waals surface area (Å²) in [6.45, 7) is 4.18. The standard InChI is InChI=1S/C25H25N3O4/c1-25(2)19-15-17(31-4)11-13-20(19)27(3)21(25)14-12-18-22(24(30)32-5)26-28(23(18)29)16-9-7-6-8-10-16/h6-13,15,26H,1-5H3. The van der Waals surface area contributed by atoms with Crippen LogP contribution in [0.1, 0.15) is 35.5 Å². The van der Waals surface area contributed by atoms with Crippen LogP contribution in [0.25, 0.3) is 11.8 Å². The van der Waals surface area contributed by atoms with Crippen molar-refractivity contribution in [2.75, 3.05) is 26.2 Å². The lowest BCUT2D eigenvalue weighted by Crippen LogP contribution is -2.22. The third-order valence-corrected chi connectivity index (χ3v) is 5.85. The molecule has 0 amide bonds. The molecule has 0 radical (unpaired) electrons. The predicted molar refractivity (Wildman–Crippen MR) is 124 cm³/mol. The molecule has 1 aliphatic rings. The maximum Gasteiger partial charge on any atom is 0.356 e. The molecule has 164 valence electrons. The Morgan fingerprint density at radius 1 is 1.12 bits per heavy atom. The van der Waals surface area contributed by atoms with Gasteiger partial charge in [0.05, 0.1) is 31.2 Å². The van der Waals surface area contributed by atoms with Gasteiger partial charge < -0.3 is 14.4 Å². The molecule has 3 aromatic rings. The van der Waals surface area contributed by atoms with Gasteiger partial charge in [0.2, 0.25) is 0 Å². The number of esters is 1. The molecular formula is C25H25N3O4. The average Bonchev–Trinajstić information content (AvgIpc) is 3.23. The van der Waals surface area contributed by atoms with Gasteiger partial charge in [-0.2, -0.15) is 0 Å². The number of rotatable bonds is 4. The molecule has 7 heteroatoms. The maximum atomic E-state index is 13.2. The van der Waals surface area contributed by atoms with E-state index in [9.17, 15) is 9.59 Å². The molecule has 0 saturated carbocycles. The SMILES string of the molecule is COC(=O)c1[nH]n(-c2ccccc2)c(=O)c1C=C=C1N(C)c2ccc(OC)cc2C1(C)C. The second-order valence-electron chi connectivity index (χ2n) is 8.07. The summed E-state index contributed by atoms with van der Waals surface area (Å²) in [6.07, 6.45) is 1.56. The van der Waals surface area contributed by atoms with Crippen molar-refractivity contribution < 1.29 is 14.3 Å².